The SMILES string of the molecule is Cc1cc(NC(=O)N(C)Cc2ccc(Cl)cc2)no1. The zero-order valence-corrected chi connectivity index (χ0v) is 11.4. The van der Waals surface area contributed by atoms with Crippen LogP contribution >= 0.6 is 11.6 Å². The summed E-state index contributed by atoms with van der Waals surface area (Å²) >= 11 is 5.81. The van der Waals surface area contributed by atoms with Gasteiger partial charge in [0.05, 0.1) is 0 Å². The molecule has 0 spiro atoms. The first-order chi connectivity index (χ1) is 9.04. The van der Waals surface area contributed by atoms with Crippen LogP contribution in [-0.2, 0) is 6.54 Å². The molecular weight excluding hydrogens is 266 g/mol. The quantitative estimate of drug-likeness (QED) is 0.938. The molecule has 2 rings (SSSR count). The lowest BCUT2D eigenvalue weighted by molar-refractivity contribution is 0.220. The molecule has 1 N–H and O–H groups in total. The van der Waals surface area contributed by atoms with Crippen molar-refractivity contribution < 1.29 is 9.32 Å². The van der Waals surface area contributed by atoms with Crippen LogP contribution in [0.4, 0.5) is 10.6 Å². The van der Waals surface area contributed by atoms with E-state index in [1.165, 1.54) is 0 Å². The van der Waals surface area contributed by atoms with Crippen LogP contribution in [0, 0.1) is 6.92 Å². The van der Waals surface area contributed by atoms with E-state index in [1.807, 2.05) is 12.1 Å². The molecule has 0 unspecified atom stereocenters. The summed E-state index contributed by atoms with van der Waals surface area (Å²) in [6, 6.07) is 8.77. The Morgan fingerprint density at radius 3 is 2.68 bits per heavy atom. The average Bonchev–Trinajstić information content (AvgIpc) is 2.77. The second-order valence-corrected chi connectivity index (χ2v) is 4.67. The standard InChI is InChI=1S/C13H14ClN3O2/c1-9-7-12(16-19-9)15-13(18)17(2)8-10-3-5-11(14)6-4-10/h3-7H,8H2,1-2H3,(H,15,16,18). The summed E-state index contributed by atoms with van der Waals surface area (Å²) in [4.78, 5) is 13.4. The Labute approximate surface area is 116 Å². The summed E-state index contributed by atoms with van der Waals surface area (Å²) in [5.74, 6) is 1.06. The molecule has 2 amide bonds. The van der Waals surface area contributed by atoms with Crippen molar-refractivity contribution in [2.24, 2.45) is 0 Å². The number of hydrogen-bond acceptors (Lipinski definition) is 3. The number of amides is 2. The summed E-state index contributed by atoms with van der Waals surface area (Å²) in [6.07, 6.45) is 0. The molecule has 0 aliphatic rings. The topological polar surface area (TPSA) is 58.4 Å². The maximum Gasteiger partial charge on any atom is 0.323 e. The van der Waals surface area contributed by atoms with E-state index in [0.29, 0.717) is 23.1 Å². The Bertz CT molecular complexity index is 566. The lowest BCUT2D eigenvalue weighted by atomic mass is 10.2. The monoisotopic (exact) mass is 279 g/mol. The molecular formula is C13H14ClN3O2. The normalized spacial score (nSPS) is 10.3. The maximum atomic E-state index is 11.9. The number of aryl methyl sites for hydroxylation is 1. The van der Waals surface area contributed by atoms with Gasteiger partial charge in [0.2, 0.25) is 0 Å². The summed E-state index contributed by atoms with van der Waals surface area (Å²) in [5, 5.41) is 7.03. The van der Waals surface area contributed by atoms with Gasteiger partial charge in [0.25, 0.3) is 0 Å². The number of anilines is 1. The third kappa shape index (κ3) is 3.72. The van der Waals surface area contributed by atoms with Crippen LogP contribution in [0.3, 0.4) is 0 Å². The van der Waals surface area contributed by atoms with Crippen molar-refractivity contribution in [2.75, 3.05) is 12.4 Å². The number of aromatic nitrogens is 1. The largest absolute Gasteiger partial charge is 0.360 e. The van der Waals surface area contributed by atoms with Crippen molar-refractivity contribution in [1.29, 1.82) is 0 Å². The number of carbonyl (C=O) groups excluding carboxylic acids is 1. The van der Waals surface area contributed by atoms with Crippen LogP contribution in [0.25, 0.3) is 0 Å². The number of nitrogens with one attached hydrogen (secondary N) is 1. The third-order valence-electron chi connectivity index (χ3n) is 2.54. The number of halogens is 1. The lowest BCUT2D eigenvalue weighted by Crippen LogP contribution is -2.30. The Morgan fingerprint density at radius 1 is 1.42 bits per heavy atom. The van der Waals surface area contributed by atoms with E-state index in [1.54, 1.807) is 37.1 Å². The van der Waals surface area contributed by atoms with E-state index in [0.717, 1.165) is 5.56 Å². The highest BCUT2D eigenvalue weighted by Gasteiger charge is 2.11. The first kappa shape index (κ1) is 13.4. The Morgan fingerprint density at radius 2 is 2.11 bits per heavy atom. The number of nitrogens with zero attached hydrogens (tertiary/aromatic N) is 2. The molecule has 6 heteroatoms. The zero-order valence-electron chi connectivity index (χ0n) is 10.7. The second-order valence-electron chi connectivity index (χ2n) is 4.24. The van der Waals surface area contributed by atoms with Gasteiger partial charge in [-0.05, 0) is 24.6 Å². The van der Waals surface area contributed by atoms with Crippen LogP contribution in [0.1, 0.15) is 11.3 Å². The summed E-state index contributed by atoms with van der Waals surface area (Å²) in [7, 11) is 1.71. The van der Waals surface area contributed by atoms with Gasteiger partial charge in [-0.15, -0.1) is 0 Å². The van der Waals surface area contributed by atoms with Crippen LogP contribution in [0.5, 0.6) is 0 Å². The molecule has 0 aliphatic carbocycles. The predicted molar refractivity (Wildman–Crippen MR) is 73.2 cm³/mol. The van der Waals surface area contributed by atoms with Gasteiger partial charge in [0, 0.05) is 24.7 Å². The molecule has 0 saturated heterocycles. The van der Waals surface area contributed by atoms with Crippen molar-refractivity contribution in [3.63, 3.8) is 0 Å². The lowest BCUT2D eigenvalue weighted by Gasteiger charge is -2.17. The van der Waals surface area contributed by atoms with Gasteiger partial charge >= 0.3 is 6.03 Å². The highest BCUT2D eigenvalue weighted by Crippen LogP contribution is 2.12. The predicted octanol–water partition coefficient (Wildman–Crippen LogP) is 3.30. The number of urea groups is 1. The van der Waals surface area contributed by atoms with Crippen LogP contribution in [0.15, 0.2) is 34.9 Å². The second kappa shape index (κ2) is 5.75. The molecule has 0 aliphatic heterocycles. The number of carbonyl (C=O) groups is 1. The molecule has 1 aromatic heterocycles. The van der Waals surface area contributed by atoms with E-state index in [9.17, 15) is 4.79 Å². The number of rotatable bonds is 3. The van der Waals surface area contributed by atoms with E-state index >= 15 is 0 Å². The van der Waals surface area contributed by atoms with Crippen molar-refractivity contribution in [3.8, 4) is 0 Å². The van der Waals surface area contributed by atoms with E-state index in [2.05, 4.69) is 10.5 Å². The van der Waals surface area contributed by atoms with Crippen LogP contribution < -0.4 is 5.32 Å². The first-order valence-electron chi connectivity index (χ1n) is 5.74. The molecule has 5 nitrogen and oxygen atoms in total. The van der Waals surface area contributed by atoms with Crippen LogP contribution in [-0.4, -0.2) is 23.1 Å². The molecule has 0 atom stereocenters. The van der Waals surface area contributed by atoms with Gasteiger partial charge in [0.1, 0.15) is 5.76 Å². The summed E-state index contributed by atoms with van der Waals surface area (Å²) < 4.78 is 4.88. The molecule has 1 heterocycles. The summed E-state index contributed by atoms with van der Waals surface area (Å²) in [5.41, 5.74) is 0.999. The van der Waals surface area contributed by atoms with Gasteiger partial charge in [0.15, 0.2) is 5.82 Å². The first-order valence-corrected chi connectivity index (χ1v) is 6.12. The highest BCUT2D eigenvalue weighted by molar-refractivity contribution is 6.30. The van der Waals surface area contributed by atoms with E-state index < -0.39 is 0 Å². The number of hydrogen-bond donors (Lipinski definition) is 1. The minimum absolute atomic E-state index is 0.247. The van der Waals surface area contributed by atoms with Crippen molar-refractivity contribution in [3.05, 3.63) is 46.7 Å². The third-order valence-corrected chi connectivity index (χ3v) is 2.79. The van der Waals surface area contributed by atoms with Gasteiger partial charge in [-0.3, -0.25) is 5.32 Å². The van der Waals surface area contributed by atoms with Gasteiger partial charge in [-0.1, -0.05) is 28.9 Å². The fourth-order valence-electron chi connectivity index (χ4n) is 1.57. The Kier molecular flexibility index (Phi) is 4.06. The molecule has 2 aromatic rings. The molecule has 0 fully saturated rings. The molecule has 19 heavy (non-hydrogen) atoms. The molecule has 1 aromatic carbocycles. The minimum Gasteiger partial charge on any atom is -0.360 e. The maximum absolute atomic E-state index is 11.9. The number of benzene rings is 1. The van der Waals surface area contributed by atoms with Gasteiger partial charge in [-0.2, -0.15) is 0 Å². The molecule has 0 bridgehead atoms. The smallest absolute Gasteiger partial charge is 0.323 e. The summed E-state index contributed by atoms with van der Waals surface area (Å²) in [6.45, 7) is 2.25. The molecule has 100 valence electrons. The Hall–Kier alpha value is -2.01. The van der Waals surface area contributed by atoms with Crippen molar-refractivity contribution in [2.45, 2.75) is 13.5 Å². The molecule has 0 radical (unpaired) electrons. The van der Waals surface area contributed by atoms with E-state index in [4.69, 9.17) is 16.1 Å². The zero-order chi connectivity index (χ0) is 13.8. The fourth-order valence-corrected chi connectivity index (χ4v) is 1.69. The van der Waals surface area contributed by atoms with Crippen LogP contribution in [0.2, 0.25) is 5.02 Å². The van der Waals surface area contributed by atoms with Crippen molar-refractivity contribution >= 4 is 23.4 Å². The fraction of sp³-hybridized carbons (Fsp3) is 0.231. The minimum atomic E-state index is -0.247. The van der Waals surface area contributed by atoms with Gasteiger partial charge in [-0.25, -0.2) is 4.79 Å². The van der Waals surface area contributed by atoms with Crippen molar-refractivity contribution in [1.82, 2.24) is 10.1 Å². The Balaban J connectivity index is 1.94. The average molecular weight is 280 g/mol. The molecule has 0 saturated carbocycles. The highest BCUT2D eigenvalue weighted by atomic mass is 35.5. The van der Waals surface area contributed by atoms with E-state index in [-0.39, 0.29) is 6.03 Å². The van der Waals surface area contributed by atoms with Gasteiger partial charge < -0.3 is 9.42 Å².